The Morgan fingerprint density at radius 1 is 1.42 bits per heavy atom. The van der Waals surface area contributed by atoms with E-state index in [1.54, 1.807) is 12.1 Å². The van der Waals surface area contributed by atoms with E-state index in [2.05, 4.69) is 11.8 Å². The average molecular weight is 265 g/mol. The van der Waals surface area contributed by atoms with Gasteiger partial charge in [-0.2, -0.15) is 0 Å². The fraction of sp³-hybridized carbons (Fsp3) is 0.533. The third-order valence-corrected chi connectivity index (χ3v) is 3.81. The van der Waals surface area contributed by atoms with E-state index in [4.69, 9.17) is 5.11 Å². The SMILES string of the molecule is CC1CCCN(Cc2cccc(C(=O)O)c2F)CC1. The average Bonchev–Trinajstić information content (AvgIpc) is 2.57. The molecule has 0 saturated carbocycles. The van der Waals surface area contributed by atoms with Crippen LogP contribution in [0.1, 0.15) is 42.1 Å². The number of nitrogens with zero attached hydrogens (tertiary/aromatic N) is 1. The molecule has 3 nitrogen and oxygen atoms in total. The minimum atomic E-state index is -1.20. The fourth-order valence-electron chi connectivity index (χ4n) is 2.59. The van der Waals surface area contributed by atoms with Gasteiger partial charge in [0.25, 0.3) is 0 Å². The number of rotatable bonds is 3. The highest BCUT2D eigenvalue weighted by Crippen LogP contribution is 2.20. The number of carboxylic acids is 1. The molecule has 1 aliphatic rings. The van der Waals surface area contributed by atoms with Gasteiger partial charge in [0.1, 0.15) is 5.82 Å². The number of likely N-dealkylation sites (tertiary alicyclic amines) is 1. The van der Waals surface area contributed by atoms with E-state index in [-0.39, 0.29) is 5.56 Å². The largest absolute Gasteiger partial charge is 0.478 e. The van der Waals surface area contributed by atoms with E-state index in [0.717, 1.165) is 31.8 Å². The number of hydrogen-bond acceptors (Lipinski definition) is 2. The lowest BCUT2D eigenvalue weighted by Crippen LogP contribution is -2.25. The van der Waals surface area contributed by atoms with E-state index in [1.807, 2.05) is 0 Å². The number of carboxylic acid groups (broad SMARTS) is 1. The first-order valence-electron chi connectivity index (χ1n) is 6.81. The highest BCUT2D eigenvalue weighted by atomic mass is 19.1. The van der Waals surface area contributed by atoms with Gasteiger partial charge in [-0.05, 0) is 44.3 Å². The van der Waals surface area contributed by atoms with Gasteiger partial charge in [0, 0.05) is 12.1 Å². The first kappa shape index (κ1) is 14.0. The van der Waals surface area contributed by atoms with Crippen molar-refractivity contribution >= 4 is 5.97 Å². The van der Waals surface area contributed by atoms with Gasteiger partial charge in [0.15, 0.2) is 0 Å². The lowest BCUT2D eigenvalue weighted by Gasteiger charge is -2.20. The molecule has 1 aliphatic heterocycles. The summed E-state index contributed by atoms with van der Waals surface area (Å²) in [5.74, 6) is -1.07. The summed E-state index contributed by atoms with van der Waals surface area (Å²) in [7, 11) is 0. The molecule has 2 rings (SSSR count). The maximum absolute atomic E-state index is 14.0. The molecular weight excluding hydrogens is 245 g/mol. The van der Waals surface area contributed by atoms with E-state index >= 15 is 0 Å². The molecule has 0 bridgehead atoms. The zero-order valence-corrected chi connectivity index (χ0v) is 11.2. The second kappa shape index (κ2) is 6.15. The van der Waals surface area contributed by atoms with E-state index in [0.29, 0.717) is 12.1 Å². The van der Waals surface area contributed by atoms with Crippen molar-refractivity contribution in [1.29, 1.82) is 0 Å². The van der Waals surface area contributed by atoms with Crippen LogP contribution in [0.15, 0.2) is 18.2 Å². The van der Waals surface area contributed by atoms with Crippen molar-refractivity contribution in [2.75, 3.05) is 13.1 Å². The number of halogens is 1. The highest BCUT2D eigenvalue weighted by molar-refractivity contribution is 5.88. The van der Waals surface area contributed by atoms with Gasteiger partial charge < -0.3 is 5.11 Å². The number of benzene rings is 1. The molecule has 1 unspecified atom stereocenters. The van der Waals surface area contributed by atoms with Crippen LogP contribution in [0.5, 0.6) is 0 Å². The summed E-state index contributed by atoms with van der Waals surface area (Å²) in [6.45, 7) is 4.66. The van der Waals surface area contributed by atoms with Crippen LogP contribution in [0.3, 0.4) is 0 Å². The summed E-state index contributed by atoms with van der Waals surface area (Å²) in [6.07, 6.45) is 3.47. The molecule has 0 aliphatic carbocycles. The maximum atomic E-state index is 14.0. The summed E-state index contributed by atoms with van der Waals surface area (Å²) in [5, 5.41) is 8.92. The van der Waals surface area contributed by atoms with Crippen molar-refractivity contribution in [3.8, 4) is 0 Å². The Hall–Kier alpha value is -1.42. The molecule has 0 spiro atoms. The third kappa shape index (κ3) is 3.53. The molecule has 0 amide bonds. The zero-order valence-electron chi connectivity index (χ0n) is 11.2. The van der Waals surface area contributed by atoms with Crippen molar-refractivity contribution in [2.24, 2.45) is 5.92 Å². The van der Waals surface area contributed by atoms with Crippen LogP contribution < -0.4 is 0 Å². The Morgan fingerprint density at radius 3 is 2.95 bits per heavy atom. The summed E-state index contributed by atoms with van der Waals surface area (Å²) in [5.41, 5.74) is 0.246. The zero-order chi connectivity index (χ0) is 13.8. The predicted octanol–water partition coefficient (Wildman–Crippen LogP) is 3.15. The van der Waals surface area contributed by atoms with Gasteiger partial charge in [0.05, 0.1) is 5.56 Å². The standard InChI is InChI=1S/C15H20FNO2/c1-11-4-3-8-17(9-7-11)10-12-5-2-6-13(14(12)16)15(18)19/h2,5-6,11H,3-4,7-10H2,1H3,(H,18,19). The Labute approximate surface area is 113 Å². The molecule has 1 aromatic rings. The van der Waals surface area contributed by atoms with Crippen molar-refractivity contribution in [3.05, 3.63) is 35.1 Å². The summed E-state index contributed by atoms with van der Waals surface area (Å²) in [6, 6.07) is 4.60. The van der Waals surface area contributed by atoms with Gasteiger partial charge in [-0.3, -0.25) is 4.90 Å². The van der Waals surface area contributed by atoms with Crippen LogP contribution in [0.4, 0.5) is 4.39 Å². The molecule has 0 aromatic heterocycles. The van der Waals surface area contributed by atoms with Crippen LogP contribution in [-0.2, 0) is 6.54 Å². The maximum Gasteiger partial charge on any atom is 0.338 e. The molecule has 1 saturated heterocycles. The van der Waals surface area contributed by atoms with E-state index < -0.39 is 11.8 Å². The molecule has 1 fully saturated rings. The van der Waals surface area contributed by atoms with Gasteiger partial charge in [-0.15, -0.1) is 0 Å². The number of aromatic carboxylic acids is 1. The first-order chi connectivity index (χ1) is 9.08. The molecular formula is C15H20FNO2. The van der Waals surface area contributed by atoms with Gasteiger partial charge in [-0.1, -0.05) is 19.1 Å². The van der Waals surface area contributed by atoms with Crippen LogP contribution >= 0.6 is 0 Å². The molecule has 1 N–H and O–H groups in total. The first-order valence-corrected chi connectivity index (χ1v) is 6.81. The smallest absolute Gasteiger partial charge is 0.338 e. The normalized spacial score (nSPS) is 21.1. The van der Waals surface area contributed by atoms with Gasteiger partial charge in [-0.25, -0.2) is 9.18 Å². The molecule has 1 aromatic carbocycles. The minimum Gasteiger partial charge on any atom is -0.478 e. The lowest BCUT2D eigenvalue weighted by molar-refractivity contribution is 0.0691. The summed E-state index contributed by atoms with van der Waals surface area (Å²) >= 11 is 0. The highest BCUT2D eigenvalue weighted by Gasteiger charge is 2.18. The monoisotopic (exact) mass is 265 g/mol. The van der Waals surface area contributed by atoms with Crippen LogP contribution in [0, 0.1) is 11.7 Å². The van der Waals surface area contributed by atoms with Gasteiger partial charge >= 0.3 is 5.97 Å². The van der Waals surface area contributed by atoms with E-state index in [1.165, 1.54) is 12.5 Å². The second-order valence-electron chi connectivity index (χ2n) is 5.40. The number of carbonyl (C=O) groups is 1. The predicted molar refractivity (Wildman–Crippen MR) is 71.7 cm³/mol. The Balaban J connectivity index is 2.10. The van der Waals surface area contributed by atoms with Crippen molar-refractivity contribution in [2.45, 2.75) is 32.7 Å². The topological polar surface area (TPSA) is 40.5 Å². The Bertz CT molecular complexity index is 461. The van der Waals surface area contributed by atoms with Gasteiger partial charge in [0.2, 0.25) is 0 Å². The fourth-order valence-corrected chi connectivity index (χ4v) is 2.59. The molecule has 0 radical (unpaired) electrons. The van der Waals surface area contributed by atoms with Crippen LogP contribution in [0.25, 0.3) is 0 Å². The summed E-state index contributed by atoms with van der Waals surface area (Å²) < 4.78 is 14.0. The molecule has 1 heterocycles. The third-order valence-electron chi connectivity index (χ3n) is 3.81. The molecule has 104 valence electrons. The van der Waals surface area contributed by atoms with Crippen molar-refractivity contribution in [1.82, 2.24) is 4.90 Å². The van der Waals surface area contributed by atoms with E-state index in [9.17, 15) is 9.18 Å². The van der Waals surface area contributed by atoms with Crippen molar-refractivity contribution in [3.63, 3.8) is 0 Å². The Kier molecular flexibility index (Phi) is 4.53. The quantitative estimate of drug-likeness (QED) is 0.912. The van der Waals surface area contributed by atoms with Crippen LogP contribution in [-0.4, -0.2) is 29.1 Å². The minimum absolute atomic E-state index is 0.235. The Morgan fingerprint density at radius 2 is 2.21 bits per heavy atom. The van der Waals surface area contributed by atoms with Crippen LogP contribution in [0.2, 0.25) is 0 Å². The number of hydrogen-bond donors (Lipinski definition) is 1. The van der Waals surface area contributed by atoms with Crippen molar-refractivity contribution < 1.29 is 14.3 Å². The molecule has 4 heteroatoms. The summed E-state index contributed by atoms with van der Waals surface area (Å²) in [4.78, 5) is 13.1. The molecule has 1 atom stereocenters. The lowest BCUT2D eigenvalue weighted by atomic mass is 10.0. The molecule has 19 heavy (non-hydrogen) atoms. The second-order valence-corrected chi connectivity index (χ2v) is 5.40.